The van der Waals surface area contributed by atoms with Crippen molar-refractivity contribution in [2.45, 2.75) is 0 Å². The number of rotatable bonds is 6. The number of para-hydroxylation sites is 1. The summed E-state index contributed by atoms with van der Waals surface area (Å²) in [6, 6.07) is 53.3. The third kappa shape index (κ3) is 5.55. The summed E-state index contributed by atoms with van der Waals surface area (Å²) in [6.45, 7) is 0. The molecule has 0 bridgehead atoms. The molecule has 0 atom stereocenters. The summed E-state index contributed by atoms with van der Waals surface area (Å²) < 4.78 is 0. The summed E-state index contributed by atoms with van der Waals surface area (Å²) in [5.74, 6) is 1.67. The van der Waals surface area contributed by atoms with Crippen LogP contribution in [0.3, 0.4) is 0 Å². The minimum atomic E-state index is 0.499. The van der Waals surface area contributed by atoms with Gasteiger partial charge in [0.15, 0.2) is 17.5 Å². The standard InChI is InChI=1S/C44H28N6/c1-3-11-29(12-4-1)30-19-21-32(22-20-30)43-48-42(31-13-5-2-6-14-31)49-44(50-43)40-28-34(24-26-46-40)33-23-25-45-39(27-33)41-37-17-8-7-15-35(37)36-16-9-10-18-38(36)47-41/h1-28H. The molecule has 6 heteroatoms. The van der Waals surface area contributed by atoms with Gasteiger partial charge in [0.2, 0.25) is 0 Å². The Hall–Kier alpha value is -6.92. The van der Waals surface area contributed by atoms with Crippen LogP contribution in [0.25, 0.3) is 89.6 Å². The van der Waals surface area contributed by atoms with E-state index in [0.29, 0.717) is 23.2 Å². The van der Waals surface area contributed by atoms with Crippen LogP contribution in [-0.2, 0) is 0 Å². The van der Waals surface area contributed by atoms with E-state index in [2.05, 4.69) is 78.9 Å². The fourth-order valence-electron chi connectivity index (χ4n) is 6.35. The molecule has 234 valence electrons. The number of hydrogen-bond acceptors (Lipinski definition) is 6. The maximum Gasteiger partial charge on any atom is 0.182 e. The van der Waals surface area contributed by atoms with E-state index in [0.717, 1.165) is 66.4 Å². The zero-order valence-corrected chi connectivity index (χ0v) is 26.8. The van der Waals surface area contributed by atoms with Crippen LogP contribution >= 0.6 is 0 Å². The average Bonchev–Trinajstić information content (AvgIpc) is 3.21. The second-order valence-electron chi connectivity index (χ2n) is 12.0. The molecule has 0 fully saturated rings. The molecule has 0 aliphatic carbocycles. The summed E-state index contributed by atoms with van der Waals surface area (Å²) >= 11 is 0. The lowest BCUT2D eigenvalue weighted by atomic mass is 10.0. The lowest BCUT2D eigenvalue weighted by Gasteiger charge is -2.11. The summed E-state index contributed by atoms with van der Waals surface area (Å²) in [5.41, 5.74) is 9.30. The van der Waals surface area contributed by atoms with E-state index in [1.807, 2.05) is 85.1 Å². The van der Waals surface area contributed by atoms with Gasteiger partial charge in [-0.05, 0) is 58.0 Å². The van der Waals surface area contributed by atoms with Gasteiger partial charge >= 0.3 is 0 Å². The van der Waals surface area contributed by atoms with Gasteiger partial charge in [0.25, 0.3) is 0 Å². The zero-order valence-electron chi connectivity index (χ0n) is 26.8. The zero-order chi connectivity index (χ0) is 33.3. The number of nitrogens with zero attached hydrogens (tertiary/aromatic N) is 6. The van der Waals surface area contributed by atoms with Crippen molar-refractivity contribution in [3.8, 4) is 67.9 Å². The van der Waals surface area contributed by atoms with Gasteiger partial charge in [-0.2, -0.15) is 0 Å². The molecule has 9 rings (SSSR count). The molecule has 4 aromatic heterocycles. The number of aromatic nitrogens is 6. The van der Waals surface area contributed by atoms with Gasteiger partial charge in [-0.25, -0.2) is 19.9 Å². The van der Waals surface area contributed by atoms with Crippen molar-refractivity contribution in [2.24, 2.45) is 0 Å². The van der Waals surface area contributed by atoms with E-state index in [4.69, 9.17) is 29.9 Å². The van der Waals surface area contributed by atoms with Crippen LogP contribution in [-0.4, -0.2) is 29.9 Å². The topological polar surface area (TPSA) is 77.3 Å². The maximum atomic E-state index is 5.07. The summed E-state index contributed by atoms with van der Waals surface area (Å²) in [7, 11) is 0. The first-order valence-electron chi connectivity index (χ1n) is 16.4. The van der Waals surface area contributed by atoms with E-state index in [1.165, 1.54) is 0 Å². The highest BCUT2D eigenvalue weighted by Crippen LogP contribution is 2.34. The maximum absolute atomic E-state index is 5.07. The molecular formula is C44H28N6. The predicted molar refractivity (Wildman–Crippen MR) is 201 cm³/mol. The fourth-order valence-corrected chi connectivity index (χ4v) is 6.35. The van der Waals surface area contributed by atoms with Crippen molar-refractivity contribution >= 4 is 21.7 Å². The Bertz CT molecular complexity index is 2640. The summed E-state index contributed by atoms with van der Waals surface area (Å²) in [5, 5.41) is 3.34. The van der Waals surface area contributed by atoms with Crippen LogP contribution in [0.15, 0.2) is 170 Å². The van der Waals surface area contributed by atoms with Crippen LogP contribution in [0.4, 0.5) is 0 Å². The number of benzene rings is 5. The highest BCUT2D eigenvalue weighted by Gasteiger charge is 2.16. The molecule has 4 heterocycles. The minimum Gasteiger partial charge on any atom is -0.255 e. The van der Waals surface area contributed by atoms with Gasteiger partial charge in [-0.3, -0.25) is 9.97 Å². The highest BCUT2D eigenvalue weighted by molar-refractivity contribution is 6.10. The Morgan fingerprint density at radius 1 is 0.300 bits per heavy atom. The molecule has 0 amide bonds. The second-order valence-corrected chi connectivity index (χ2v) is 12.0. The van der Waals surface area contributed by atoms with Gasteiger partial charge in [-0.1, -0.05) is 127 Å². The Balaban J connectivity index is 1.13. The number of pyridine rings is 3. The van der Waals surface area contributed by atoms with Crippen molar-refractivity contribution in [2.75, 3.05) is 0 Å². The summed E-state index contributed by atoms with van der Waals surface area (Å²) in [4.78, 5) is 29.4. The molecule has 0 aliphatic rings. The number of hydrogen-bond donors (Lipinski definition) is 0. The minimum absolute atomic E-state index is 0.499. The van der Waals surface area contributed by atoms with Crippen LogP contribution in [0.1, 0.15) is 0 Å². The van der Waals surface area contributed by atoms with E-state index in [1.54, 1.807) is 6.20 Å². The van der Waals surface area contributed by atoms with Crippen LogP contribution in [0.5, 0.6) is 0 Å². The molecule has 6 nitrogen and oxygen atoms in total. The van der Waals surface area contributed by atoms with Crippen LogP contribution in [0.2, 0.25) is 0 Å². The van der Waals surface area contributed by atoms with E-state index in [-0.39, 0.29) is 0 Å². The molecule has 0 radical (unpaired) electrons. The Labute approximate surface area is 288 Å². The number of fused-ring (bicyclic) bond motifs is 3. The molecule has 0 saturated heterocycles. The van der Waals surface area contributed by atoms with Crippen molar-refractivity contribution in [3.05, 3.63) is 170 Å². The lowest BCUT2D eigenvalue weighted by molar-refractivity contribution is 1.06. The normalized spacial score (nSPS) is 11.2. The average molecular weight is 641 g/mol. The highest BCUT2D eigenvalue weighted by atomic mass is 15.0. The van der Waals surface area contributed by atoms with Gasteiger partial charge in [0.05, 0.1) is 16.9 Å². The van der Waals surface area contributed by atoms with E-state index in [9.17, 15) is 0 Å². The molecular weight excluding hydrogens is 613 g/mol. The smallest absolute Gasteiger partial charge is 0.182 e. The van der Waals surface area contributed by atoms with Gasteiger partial charge < -0.3 is 0 Å². The van der Waals surface area contributed by atoms with Gasteiger partial charge in [0, 0.05) is 34.3 Å². The van der Waals surface area contributed by atoms with E-state index < -0.39 is 0 Å². The molecule has 0 aliphatic heterocycles. The SMILES string of the molecule is c1ccc(-c2ccc(-c3nc(-c4ccccc4)nc(-c4cc(-c5ccnc(-c6nc7ccccc7c7ccccc67)c5)ccn4)n3)cc2)cc1. The Morgan fingerprint density at radius 3 is 1.48 bits per heavy atom. The second kappa shape index (κ2) is 12.6. The van der Waals surface area contributed by atoms with Crippen molar-refractivity contribution in [1.82, 2.24) is 29.9 Å². The molecule has 50 heavy (non-hydrogen) atoms. The molecule has 0 unspecified atom stereocenters. The van der Waals surface area contributed by atoms with E-state index >= 15 is 0 Å². The first-order chi connectivity index (χ1) is 24.8. The quantitative estimate of drug-likeness (QED) is 0.168. The third-order valence-electron chi connectivity index (χ3n) is 8.85. The van der Waals surface area contributed by atoms with Gasteiger partial charge in [0.1, 0.15) is 5.69 Å². The van der Waals surface area contributed by atoms with Crippen molar-refractivity contribution in [1.29, 1.82) is 0 Å². The Kier molecular flexibility index (Phi) is 7.37. The molecule has 0 N–H and O–H groups in total. The third-order valence-corrected chi connectivity index (χ3v) is 8.85. The first-order valence-corrected chi connectivity index (χ1v) is 16.4. The van der Waals surface area contributed by atoms with Crippen LogP contribution < -0.4 is 0 Å². The van der Waals surface area contributed by atoms with Crippen molar-refractivity contribution < 1.29 is 0 Å². The summed E-state index contributed by atoms with van der Waals surface area (Å²) in [6.07, 6.45) is 3.64. The van der Waals surface area contributed by atoms with Gasteiger partial charge in [-0.15, -0.1) is 0 Å². The molecule has 5 aromatic carbocycles. The largest absolute Gasteiger partial charge is 0.255 e. The molecule has 0 spiro atoms. The van der Waals surface area contributed by atoms with Crippen molar-refractivity contribution in [3.63, 3.8) is 0 Å². The monoisotopic (exact) mass is 640 g/mol. The lowest BCUT2D eigenvalue weighted by Crippen LogP contribution is -2.01. The fraction of sp³-hybridized carbons (Fsp3) is 0. The molecule has 0 saturated carbocycles. The Morgan fingerprint density at radius 2 is 0.780 bits per heavy atom. The predicted octanol–water partition coefficient (Wildman–Crippen LogP) is 10.4. The molecule has 9 aromatic rings. The van der Waals surface area contributed by atoms with Crippen LogP contribution in [0, 0.1) is 0 Å². The first kappa shape index (κ1) is 29.2.